The molecule has 28 heavy (non-hydrogen) atoms. The Morgan fingerprint density at radius 3 is 2.39 bits per heavy atom. The Kier molecular flexibility index (Phi) is 5.96. The van der Waals surface area contributed by atoms with Crippen molar-refractivity contribution in [3.63, 3.8) is 0 Å². The number of hydrogen-bond donors (Lipinski definition) is 3. The lowest BCUT2D eigenvalue weighted by molar-refractivity contribution is -0.141. The van der Waals surface area contributed by atoms with Gasteiger partial charge in [-0.3, -0.25) is 14.6 Å². The van der Waals surface area contributed by atoms with Crippen molar-refractivity contribution in [2.75, 3.05) is 6.54 Å². The van der Waals surface area contributed by atoms with Crippen LogP contribution in [0.15, 0.2) is 66.7 Å². The van der Waals surface area contributed by atoms with Crippen LogP contribution in [0.25, 0.3) is 10.9 Å². The van der Waals surface area contributed by atoms with E-state index in [1.807, 2.05) is 30.3 Å². The van der Waals surface area contributed by atoms with Crippen LogP contribution < -0.4 is 10.6 Å². The summed E-state index contributed by atoms with van der Waals surface area (Å²) in [6, 6.07) is 18.4. The quantitative estimate of drug-likeness (QED) is 0.582. The van der Waals surface area contributed by atoms with Crippen LogP contribution in [-0.4, -0.2) is 40.5 Å². The molecule has 0 aliphatic heterocycles. The van der Waals surface area contributed by atoms with Crippen molar-refractivity contribution in [3.05, 3.63) is 78.0 Å². The fourth-order valence-electron chi connectivity index (χ4n) is 2.73. The molecule has 3 N–H and O–H groups in total. The minimum Gasteiger partial charge on any atom is -0.480 e. The highest BCUT2D eigenvalue weighted by Crippen LogP contribution is 2.13. The van der Waals surface area contributed by atoms with Gasteiger partial charge < -0.3 is 15.7 Å². The van der Waals surface area contributed by atoms with Crippen molar-refractivity contribution in [2.24, 2.45) is 0 Å². The SMILES string of the molecule is O=C(CNC(=O)c1ccccc1)N[C@H](Cc1ccc2ccccc2n1)C(=O)O. The summed E-state index contributed by atoms with van der Waals surface area (Å²) in [4.78, 5) is 40.0. The molecule has 0 unspecified atom stereocenters. The van der Waals surface area contributed by atoms with Crippen LogP contribution in [0.2, 0.25) is 0 Å². The normalized spacial score (nSPS) is 11.6. The minimum absolute atomic E-state index is 0.0402. The Labute approximate surface area is 161 Å². The van der Waals surface area contributed by atoms with Gasteiger partial charge in [0, 0.05) is 23.1 Å². The Morgan fingerprint density at radius 2 is 1.64 bits per heavy atom. The van der Waals surface area contributed by atoms with Gasteiger partial charge in [0.25, 0.3) is 5.91 Å². The van der Waals surface area contributed by atoms with Gasteiger partial charge in [0.2, 0.25) is 5.91 Å². The maximum atomic E-state index is 12.1. The second-order valence-corrected chi connectivity index (χ2v) is 6.21. The smallest absolute Gasteiger partial charge is 0.326 e. The zero-order chi connectivity index (χ0) is 19.9. The van der Waals surface area contributed by atoms with Crippen LogP contribution in [0.3, 0.4) is 0 Å². The molecule has 0 fully saturated rings. The Balaban J connectivity index is 1.59. The average Bonchev–Trinajstić information content (AvgIpc) is 2.72. The number of amides is 2. The molecule has 7 nitrogen and oxygen atoms in total. The van der Waals surface area contributed by atoms with Crippen molar-refractivity contribution < 1.29 is 19.5 Å². The number of carbonyl (C=O) groups is 3. The molecule has 0 radical (unpaired) electrons. The van der Waals surface area contributed by atoms with Crippen LogP contribution in [0.1, 0.15) is 16.1 Å². The van der Waals surface area contributed by atoms with Gasteiger partial charge in [-0.25, -0.2) is 4.79 Å². The van der Waals surface area contributed by atoms with E-state index in [1.54, 1.807) is 36.4 Å². The number of aliphatic carboxylic acids is 1. The minimum atomic E-state index is -1.17. The summed E-state index contributed by atoms with van der Waals surface area (Å²) >= 11 is 0. The van der Waals surface area contributed by atoms with Crippen molar-refractivity contribution >= 4 is 28.7 Å². The van der Waals surface area contributed by atoms with E-state index < -0.39 is 23.8 Å². The van der Waals surface area contributed by atoms with Gasteiger partial charge in [0.1, 0.15) is 6.04 Å². The summed E-state index contributed by atoms with van der Waals surface area (Å²) in [5.74, 6) is -2.16. The van der Waals surface area contributed by atoms with E-state index in [4.69, 9.17) is 0 Å². The molecule has 7 heteroatoms. The highest BCUT2D eigenvalue weighted by atomic mass is 16.4. The zero-order valence-corrected chi connectivity index (χ0v) is 15.0. The molecule has 0 aliphatic carbocycles. The number of hydrogen-bond acceptors (Lipinski definition) is 4. The topological polar surface area (TPSA) is 108 Å². The number of para-hydroxylation sites is 1. The van der Waals surface area contributed by atoms with Gasteiger partial charge >= 0.3 is 5.97 Å². The highest BCUT2D eigenvalue weighted by molar-refractivity contribution is 5.96. The molecule has 0 spiro atoms. The fraction of sp³-hybridized carbons (Fsp3) is 0.143. The summed E-state index contributed by atoms with van der Waals surface area (Å²) in [6.45, 7) is -0.317. The lowest BCUT2D eigenvalue weighted by Crippen LogP contribution is -2.46. The highest BCUT2D eigenvalue weighted by Gasteiger charge is 2.21. The molecule has 0 saturated carbocycles. The molecule has 1 heterocycles. The lowest BCUT2D eigenvalue weighted by Gasteiger charge is -2.15. The number of carboxylic acid groups (broad SMARTS) is 1. The number of benzene rings is 2. The molecule has 142 valence electrons. The van der Waals surface area contributed by atoms with Crippen LogP contribution in [0, 0.1) is 0 Å². The van der Waals surface area contributed by atoms with Crippen molar-refractivity contribution in [3.8, 4) is 0 Å². The molecule has 3 rings (SSSR count). The third kappa shape index (κ3) is 4.91. The molecule has 0 saturated heterocycles. The first-order chi connectivity index (χ1) is 13.5. The van der Waals surface area contributed by atoms with Crippen LogP contribution in [-0.2, 0) is 16.0 Å². The average molecular weight is 377 g/mol. The Morgan fingerprint density at radius 1 is 0.929 bits per heavy atom. The van der Waals surface area contributed by atoms with E-state index in [2.05, 4.69) is 15.6 Å². The Bertz CT molecular complexity index is 1000. The predicted molar refractivity (Wildman–Crippen MR) is 104 cm³/mol. The molecule has 0 aliphatic rings. The molecule has 1 atom stereocenters. The summed E-state index contributed by atoms with van der Waals surface area (Å²) in [5.41, 5.74) is 1.73. The first kappa shape index (κ1) is 19.0. The van der Waals surface area contributed by atoms with E-state index in [0.717, 1.165) is 10.9 Å². The molecular weight excluding hydrogens is 358 g/mol. The lowest BCUT2D eigenvalue weighted by atomic mass is 10.1. The standard InChI is InChI=1S/C21H19N3O4/c25-19(13-22-20(26)15-7-2-1-3-8-15)24-18(21(27)28)12-16-11-10-14-6-4-5-9-17(14)23-16/h1-11,18H,12-13H2,(H,22,26)(H,24,25)(H,27,28)/t18-/m1/s1. The number of fused-ring (bicyclic) bond motifs is 1. The van der Waals surface area contributed by atoms with E-state index in [1.165, 1.54) is 0 Å². The van der Waals surface area contributed by atoms with Crippen molar-refractivity contribution in [1.82, 2.24) is 15.6 Å². The van der Waals surface area contributed by atoms with Gasteiger partial charge in [-0.2, -0.15) is 0 Å². The number of aromatic nitrogens is 1. The maximum Gasteiger partial charge on any atom is 0.326 e. The number of nitrogens with one attached hydrogen (secondary N) is 2. The van der Waals surface area contributed by atoms with E-state index in [-0.39, 0.29) is 13.0 Å². The van der Waals surface area contributed by atoms with E-state index in [0.29, 0.717) is 11.3 Å². The summed E-state index contributed by atoms with van der Waals surface area (Å²) < 4.78 is 0. The number of nitrogens with zero attached hydrogens (tertiary/aromatic N) is 1. The summed E-state index contributed by atoms with van der Waals surface area (Å²) in [5, 5.41) is 15.3. The third-order valence-electron chi connectivity index (χ3n) is 4.15. The second kappa shape index (κ2) is 8.77. The largest absolute Gasteiger partial charge is 0.480 e. The first-order valence-electron chi connectivity index (χ1n) is 8.73. The zero-order valence-electron chi connectivity index (χ0n) is 15.0. The van der Waals surface area contributed by atoms with Crippen LogP contribution in [0.4, 0.5) is 0 Å². The molecular formula is C21H19N3O4. The van der Waals surface area contributed by atoms with Gasteiger partial charge in [-0.15, -0.1) is 0 Å². The third-order valence-corrected chi connectivity index (χ3v) is 4.15. The van der Waals surface area contributed by atoms with Gasteiger partial charge in [0.05, 0.1) is 12.1 Å². The summed E-state index contributed by atoms with van der Waals surface area (Å²) in [7, 11) is 0. The van der Waals surface area contributed by atoms with E-state index >= 15 is 0 Å². The fourth-order valence-corrected chi connectivity index (χ4v) is 2.73. The monoisotopic (exact) mass is 377 g/mol. The summed E-state index contributed by atoms with van der Waals surface area (Å²) in [6.07, 6.45) is 0.0402. The van der Waals surface area contributed by atoms with Gasteiger partial charge in [-0.05, 0) is 24.3 Å². The second-order valence-electron chi connectivity index (χ2n) is 6.21. The Hall–Kier alpha value is -3.74. The molecule has 2 amide bonds. The number of carbonyl (C=O) groups excluding carboxylic acids is 2. The molecule has 0 bridgehead atoms. The number of carboxylic acids is 1. The molecule has 1 aromatic heterocycles. The van der Waals surface area contributed by atoms with Gasteiger partial charge in [0.15, 0.2) is 0 Å². The number of pyridine rings is 1. The van der Waals surface area contributed by atoms with Crippen LogP contribution >= 0.6 is 0 Å². The number of rotatable bonds is 7. The van der Waals surface area contributed by atoms with Crippen molar-refractivity contribution in [1.29, 1.82) is 0 Å². The predicted octanol–water partition coefficient (Wildman–Crippen LogP) is 1.78. The van der Waals surface area contributed by atoms with Gasteiger partial charge in [-0.1, -0.05) is 42.5 Å². The van der Waals surface area contributed by atoms with E-state index in [9.17, 15) is 19.5 Å². The van der Waals surface area contributed by atoms with Crippen molar-refractivity contribution in [2.45, 2.75) is 12.5 Å². The molecule has 2 aromatic carbocycles. The molecule has 3 aromatic rings. The van der Waals surface area contributed by atoms with Crippen LogP contribution in [0.5, 0.6) is 0 Å². The first-order valence-corrected chi connectivity index (χ1v) is 8.73. The maximum absolute atomic E-state index is 12.1.